The highest BCUT2D eigenvalue weighted by molar-refractivity contribution is 5.77. The Balaban J connectivity index is 1.73. The van der Waals surface area contributed by atoms with Crippen molar-refractivity contribution in [2.75, 3.05) is 16.4 Å². The van der Waals surface area contributed by atoms with E-state index < -0.39 is 0 Å². The summed E-state index contributed by atoms with van der Waals surface area (Å²) in [5.74, 6) is 0.757. The first-order valence-corrected chi connectivity index (χ1v) is 6.98. The van der Waals surface area contributed by atoms with Gasteiger partial charge in [-0.1, -0.05) is 12.1 Å². The first-order valence-electron chi connectivity index (χ1n) is 6.98. The minimum absolute atomic E-state index is 0.265. The van der Waals surface area contributed by atoms with Crippen LogP contribution in [0.25, 0.3) is 0 Å². The lowest BCUT2D eigenvalue weighted by Gasteiger charge is -2.12. The molecule has 0 radical (unpaired) electrons. The minimum atomic E-state index is -0.265. The van der Waals surface area contributed by atoms with E-state index in [-0.39, 0.29) is 5.82 Å². The van der Waals surface area contributed by atoms with Gasteiger partial charge in [-0.15, -0.1) is 0 Å². The molecule has 3 rings (SSSR count). The number of benzene rings is 1. The Labute approximate surface area is 132 Å². The number of nitrogens with zero attached hydrogens (tertiary/aromatic N) is 3. The Kier molecular flexibility index (Phi) is 4.28. The normalized spacial score (nSPS) is 10.3. The van der Waals surface area contributed by atoms with Gasteiger partial charge >= 0.3 is 0 Å². The maximum atomic E-state index is 12.9. The Morgan fingerprint density at radius 2 is 1.65 bits per heavy atom. The molecule has 6 nitrogen and oxygen atoms in total. The summed E-state index contributed by atoms with van der Waals surface area (Å²) in [4.78, 5) is 12.2. The number of anilines is 4. The zero-order valence-electron chi connectivity index (χ0n) is 12.2. The number of nitrogens with two attached hydrogens (primary N) is 1. The molecule has 0 fully saturated rings. The predicted octanol–water partition coefficient (Wildman–Crippen LogP) is 2.95. The topological polar surface area (TPSA) is 88.8 Å². The maximum absolute atomic E-state index is 12.9. The van der Waals surface area contributed by atoms with E-state index in [9.17, 15) is 4.39 Å². The summed E-state index contributed by atoms with van der Waals surface area (Å²) in [6.45, 7) is 0.482. The van der Waals surface area contributed by atoms with Crippen LogP contribution in [0.2, 0.25) is 0 Å². The number of nitrogen functional groups attached to an aromatic ring is 1. The van der Waals surface area contributed by atoms with Crippen LogP contribution in [0.3, 0.4) is 0 Å². The van der Waals surface area contributed by atoms with E-state index in [1.165, 1.54) is 18.5 Å². The Hall–Kier alpha value is -3.22. The average Bonchev–Trinajstić information content (AvgIpc) is 2.58. The number of nitrogens with one attached hydrogen (secondary N) is 2. The lowest BCUT2D eigenvalue weighted by atomic mass is 10.2. The van der Waals surface area contributed by atoms with Crippen LogP contribution in [0.1, 0.15) is 5.56 Å². The fourth-order valence-electron chi connectivity index (χ4n) is 2.00. The fraction of sp³-hybridized carbons (Fsp3) is 0.0625. The van der Waals surface area contributed by atoms with Crippen molar-refractivity contribution in [3.63, 3.8) is 0 Å². The standard InChI is InChI=1S/C16H15FN6/c17-12-3-1-11(2-4-12)9-20-15-14(18)16(22-10-21-15)23-13-5-7-19-8-6-13/h1-8,10H,9,18H2,(H2,19,20,21,22,23). The van der Waals surface area contributed by atoms with Gasteiger partial charge in [0.15, 0.2) is 11.6 Å². The largest absolute Gasteiger partial charge is 0.393 e. The van der Waals surface area contributed by atoms with Crippen LogP contribution >= 0.6 is 0 Å². The molecule has 0 aliphatic rings. The lowest BCUT2D eigenvalue weighted by molar-refractivity contribution is 0.627. The van der Waals surface area contributed by atoms with Gasteiger partial charge in [0.25, 0.3) is 0 Å². The SMILES string of the molecule is Nc1c(NCc2ccc(F)cc2)ncnc1Nc1ccncc1. The summed E-state index contributed by atoms with van der Waals surface area (Å²) in [5.41, 5.74) is 8.26. The van der Waals surface area contributed by atoms with Crippen LogP contribution in [0.4, 0.5) is 27.4 Å². The molecular formula is C16H15FN6. The number of hydrogen-bond acceptors (Lipinski definition) is 6. The molecule has 23 heavy (non-hydrogen) atoms. The average molecular weight is 310 g/mol. The van der Waals surface area contributed by atoms with Gasteiger partial charge in [0.2, 0.25) is 0 Å². The van der Waals surface area contributed by atoms with Crippen molar-refractivity contribution in [2.45, 2.75) is 6.54 Å². The van der Waals surface area contributed by atoms with Crippen molar-refractivity contribution >= 4 is 23.0 Å². The molecule has 0 saturated carbocycles. The van der Waals surface area contributed by atoms with Crippen molar-refractivity contribution in [3.8, 4) is 0 Å². The number of aromatic nitrogens is 3. The minimum Gasteiger partial charge on any atom is -0.393 e. The molecule has 0 amide bonds. The summed E-state index contributed by atoms with van der Waals surface area (Å²) >= 11 is 0. The van der Waals surface area contributed by atoms with E-state index in [0.717, 1.165) is 11.3 Å². The highest BCUT2D eigenvalue weighted by Gasteiger charge is 2.08. The van der Waals surface area contributed by atoms with Crippen LogP contribution in [0.5, 0.6) is 0 Å². The van der Waals surface area contributed by atoms with Crippen molar-refractivity contribution in [3.05, 3.63) is 66.5 Å². The maximum Gasteiger partial charge on any atom is 0.159 e. The molecule has 4 N–H and O–H groups in total. The molecule has 7 heteroatoms. The van der Waals surface area contributed by atoms with Crippen molar-refractivity contribution in [2.24, 2.45) is 0 Å². The first-order chi connectivity index (χ1) is 11.2. The summed E-state index contributed by atoms with van der Waals surface area (Å²) in [7, 11) is 0. The molecule has 0 atom stereocenters. The molecule has 2 aromatic heterocycles. The molecule has 0 aliphatic heterocycles. The monoisotopic (exact) mass is 310 g/mol. The summed E-state index contributed by atoms with van der Waals surface area (Å²) in [6, 6.07) is 9.86. The quantitative estimate of drug-likeness (QED) is 0.671. The summed E-state index contributed by atoms with van der Waals surface area (Å²) < 4.78 is 12.9. The van der Waals surface area contributed by atoms with Gasteiger partial charge in [-0.3, -0.25) is 4.98 Å². The first kappa shape index (κ1) is 14.7. The third-order valence-corrected chi connectivity index (χ3v) is 3.20. The van der Waals surface area contributed by atoms with Crippen molar-refractivity contribution in [1.29, 1.82) is 0 Å². The molecule has 3 aromatic rings. The molecule has 1 aromatic carbocycles. The van der Waals surface area contributed by atoms with Crippen LogP contribution in [-0.2, 0) is 6.54 Å². The van der Waals surface area contributed by atoms with Gasteiger partial charge in [0.1, 0.15) is 17.8 Å². The molecule has 0 spiro atoms. The zero-order valence-corrected chi connectivity index (χ0v) is 12.2. The second-order valence-electron chi connectivity index (χ2n) is 4.83. The molecule has 0 unspecified atom stereocenters. The van der Waals surface area contributed by atoms with Gasteiger partial charge in [0, 0.05) is 24.6 Å². The molecule has 0 bridgehead atoms. The third kappa shape index (κ3) is 3.70. The fourth-order valence-corrected chi connectivity index (χ4v) is 2.00. The number of halogens is 1. The van der Waals surface area contributed by atoms with Gasteiger partial charge in [0.05, 0.1) is 0 Å². The summed E-state index contributed by atoms with van der Waals surface area (Å²) in [5, 5.41) is 6.24. The molecule has 116 valence electrons. The van der Waals surface area contributed by atoms with Crippen molar-refractivity contribution < 1.29 is 4.39 Å². The number of hydrogen-bond donors (Lipinski definition) is 3. The summed E-state index contributed by atoms with van der Waals surface area (Å²) in [6.07, 6.45) is 4.77. The highest BCUT2D eigenvalue weighted by atomic mass is 19.1. The molecular weight excluding hydrogens is 295 g/mol. The van der Waals surface area contributed by atoms with Crippen LogP contribution in [-0.4, -0.2) is 15.0 Å². The van der Waals surface area contributed by atoms with Gasteiger partial charge < -0.3 is 16.4 Å². The molecule has 0 saturated heterocycles. The second-order valence-corrected chi connectivity index (χ2v) is 4.83. The second kappa shape index (κ2) is 6.69. The molecule has 2 heterocycles. The Morgan fingerprint density at radius 3 is 2.39 bits per heavy atom. The smallest absolute Gasteiger partial charge is 0.159 e. The van der Waals surface area contributed by atoms with E-state index >= 15 is 0 Å². The van der Waals surface area contributed by atoms with E-state index in [1.54, 1.807) is 24.5 Å². The number of pyridine rings is 1. The van der Waals surface area contributed by atoms with E-state index in [0.29, 0.717) is 23.9 Å². The Morgan fingerprint density at radius 1 is 0.957 bits per heavy atom. The zero-order chi connectivity index (χ0) is 16.1. The lowest BCUT2D eigenvalue weighted by Crippen LogP contribution is -2.08. The van der Waals surface area contributed by atoms with Crippen LogP contribution in [0.15, 0.2) is 55.1 Å². The molecule has 0 aliphatic carbocycles. The van der Waals surface area contributed by atoms with Gasteiger partial charge in [-0.25, -0.2) is 14.4 Å². The van der Waals surface area contributed by atoms with Crippen LogP contribution in [0, 0.1) is 5.82 Å². The van der Waals surface area contributed by atoms with Crippen molar-refractivity contribution in [1.82, 2.24) is 15.0 Å². The number of rotatable bonds is 5. The van der Waals surface area contributed by atoms with E-state index in [1.807, 2.05) is 12.1 Å². The van der Waals surface area contributed by atoms with E-state index in [4.69, 9.17) is 5.73 Å². The van der Waals surface area contributed by atoms with Gasteiger partial charge in [-0.05, 0) is 29.8 Å². The third-order valence-electron chi connectivity index (χ3n) is 3.20. The van der Waals surface area contributed by atoms with E-state index in [2.05, 4.69) is 25.6 Å². The Bertz CT molecular complexity index is 776. The highest BCUT2D eigenvalue weighted by Crippen LogP contribution is 2.25. The van der Waals surface area contributed by atoms with Crippen LogP contribution < -0.4 is 16.4 Å². The predicted molar refractivity (Wildman–Crippen MR) is 87.7 cm³/mol. The van der Waals surface area contributed by atoms with Gasteiger partial charge in [-0.2, -0.15) is 0 Å².